The molecule has 0 aliphatic carbocycles. The van der Waals surface area contributed by atoms with Gasteiger partial charge in [0.1, 0.15) is 6.10 Å². The van der Waals surface area contributed by atoms with Crippen molar-refractivity contribution in [3.63, 3.8) is 0 Å². The van der Waals surface area contributed by atoms with E-state index in [0.29, 0.717) is 17.3 Å². The fourth-order valence-corrected chi connectivity index (χ4v) is 2.66. The Hall–Kier alpha value is -0.580. The second-order valence-corrected chi connectivity index (χ2v) is 5.32. The van der Waals surface area contributed by atoms with Crippen molar-refractivity contribution in [1.82, 2.24) is 0 Å². The largest absolute Gasteiger partial charge is 0.368 e. The Morgan fingerprint density at radius 1 is 1.59 bits per heavy atom. The minimum Gasteiger partial charge on any atom is -0.368 e. The molecule has 1 fully saturated rings. The number of hydrogen-bond donors (Lipinski definition) is 0. The summed E-state index contributed by atoms with van der Waals surface area (Å²) in [5.74, 6) is -0.0354. The zero-order chi connectivity index (χ0) is 12.4. The first-order valence-corrected chi connectivity index (χ1v) is 6.61. The molecule has 0 bridgehead atoms. The van der Waals surface area contributed by atoms with Gasteiger partial charge in [-0.1, -0.05) is 27.5 Å². The van der Waals surface area contributed by atoms with Crippen LogP contribution in [-0.4, -0.2) is 25.7 Å². The molecule has 1 aliphatic rings. The molecule has 0 spiro atoms. The summed E-state index contributed by atoms with van der Waals surface area (Å²) in [4.78, 5) is 13.7. The molecule has 92 valence electrons. The molecular formula is C12H13BrClNO2. The molecule has 0 aromatic heterocycles. The summed E-state index contributed by atoms with van der Waals surface area (Å²) in [6, 6.07) is 5.45. The molecular weight excluding hydrogens is 305 g/mol. The topological polar surface area (TPSA) is 29.5 Å². The van der Waals surface area contributed by atoms with Gasteiger partial charge in [-0.2, -0.15) is 0 Å². The fraction of sp³-hybridized carbons (Fsp3) is 0.417. The molecule has 1 aliphatic heterocycles. The van der Waals surface area contributed by atoms with Crippen molar-refractivity contribution < 1.29 is 9.53 Å². The van der Waals surface area contributed by atoms with Crippen LogP contribution in [0.2, 0.25) is 5.02 Å². The van der Waals surface area contributed by atoms with E-state index in [1.165, 1.54) is 0 Å². The number of carbonyl (C=O) groups is 1. The van der Waals surface area contributed by atoms with Gasteiger partial charge in [0.15, 0.2) is 0 Å². The minimum absolute atomic E-state index is 0.0354. The van der Waals surface area contributed by atoms with Crippen molar-refractivity contribution in [2.75, 3.05) is 18.6 Å². The van der Waals surface area contributed by atoms with Crippen LogP contribution >= 0.6 is 27.5 Å². The third-order valence-electron chi connectivity index (χ3n) is 2.81. The van der Waals surface area contributed by atoms with Crippen molar-refractivity contribution in [3.8, 4) is 0 Å². The first-order chi connectivity index (χ1) is 8.09. The highest BCUT2D eigenvalue weighted by molar-refractivity contribution is 9.10. The Bertz CT molecular complexity index is 433. The van der Waals surface area contributed by atoms with Crippen molar-refractivity contribution in [2.45, 2.75) is 18.9 Å². The smallest absolute Gasteiger partial charge is 0.255 e. The summed E-state index contributed by atoms with van der Waals surface area (Å²) >= 11 is 9.45. The van der Waals surface area contributed by atoms with E-state index < -0.39 is 0 Å². The first kappa shape index (κ1) is 12.9. The van der Waals surface area contributed by atoms with E-state index in [-0.39, 0.29) is 12.0 Å². The number of likely N-dealkylation sites (N-methyl/N-ethyl adjacent to an activating group) is 1. The van der Waals surface area contributed by atoms with Crippen molar-refractivity contribution >= 4 is 39.1 Å². The number of benzene rings is 1. The van der Waals surface area contributed by atoms with Gasteiger partial charge in [0.05, 0.1) is 10.7 Å². The van der Waals surface area contributed by atoms with Gasteiger partial charge in [0.2, 0.25) is 0 Å². The number of carbonyl (C=O) groups excluding carboxylic acids is 1. The van der Waals surface area contributed by atoms with Crippen LogP contribution in [0.5, 0.6) is 0 Å². The number of rotatable bonds is 2. The van der Waals surface area contributed by atoms with Gasteiger partial charge in [-0.05, 0) is 31.0 Å². The normalized spacial score (nSPS) is 19.4. The van der Waals surface area contributed by atoms with Gasteiger partial charge in [-0.25, -0.2) is 0 Å². The van der Waals surface area contributed by atoms with Crippen LogP contribution in [0.15, 0.2) is 22.7 Å². The Morgan fingerprint density at radius 3 is 2.94 bits per heavy atom. The predicted molar refractivity (Wildman–Crippen MR) is 71.5 cm³/mol. The summed E-state index contributed by atoms with van der Waals surface area (Å²) in [5, 5.41) is 0.549. The lowest BCUT2D eigenvalue weighted by molar-refractivity contribution is -0.127. The maximum atomic E-state index is 12.1. The maximum Gasteiger partial charge on any atom is 0.255 e. The average molecular weight is 319 g/mol. The summed E-state index contributed by atoms with van der Waals surface area (Å²) < 4.78 is 6.27. The van der Waals surface area contributed by atoms with E-state index in [9.17, 15) is 4.79 Å². The summed E-state index contributed by atoms with van der Waals surface area (Å²) in [6.45, 7) is 0.665. The monoisotopic (exact) mass is 317 g/mol. The van der Waals surface area contributed by atoms with Crippen LogP contribution in [0.1, 0.15) is 12.8 Å². The highest BCUT2D eigenvalue weighted by Gasteiger charge is 2.27. The van der Waals surface area contributed by atoms with Crippen LogP contribution in [0, 0.1) is 0 Å². The summed E-state index contributed by atoms with van der Waals surface area (Å²) in [7, 11) is 1.72. The third kappa shape index (κ3) is 2.81. The second kappa shape index (κ2) is 5.38. The SMILES string of the molecule is CN(C(=O)C1CCCO1)c1ccc(Br)cc1Cl. The molecule has 1 aromatic carbocycles. The lowest BCUT2D eigenvalue weighted by Gasteiger charge is -2.21. The molecule has 1 aromatic rings. The summed E-state index contributed by atoms with van der Waals surface area (Å²) in [5.41, 5.74) is 0.704. The molecule has 0 N–H and O–H groups in total. The number of anilines is 1. The highest BCUT2D eigenvalue weighted by atomic mass is 79.9. The van der Waals surface area contributed by atoms with Gasteiger partial charge in [0.25, 0.3) is 5.91 Å². The summed E-state index contributed by atoms with van der Waals surface area (Å²) in [6.07, 6.45) is 1.41. The number of halogens is 2. The molecule has 1 heterocycles. The average Bonchev–Trinajstić information content (AvgIpc) is 2.80. The Labute approximate surface area is 114 Å². The van der Waals surface area contributed by atoms with Gasteiger partial charge in [0, 0.05) is 18.1 Å². The Kier molecular flexibility index (Phi) is 4.07. The molecule has 1 saturated heterocycles. The van der Waals surface area contributed by atoms with Crippen LogP contribution < -0.4 is 4.90 Å². The van der Waals surface area contributed by atoms with Crippen LogP contribution in [0.3, 0.4) is 0 Å². The fourth-order valence-electron chi connectivity index (χ4n) is 1.86. The third-order valence-corrected chi connectivity index (χ3v) is 3.60. The van der Waals surface area contributed by atoms with Crippen molar-refractivity contribution in [3.05, 3.63) is 27.7 Å². The highest BCUT2D eigenvalue weighted by Crippen LogP contribution is 2.29. The standard InChI is InChI=1S/C12H13BrClNO2/c1-15(12(16)11-3-2-6-17-11)10-5-4-8(13)7-9(10)14/h4-5,7,11H,2-3,6H2,1H3. The molecule has 3 nitrogen and oxygen atoms in total. The van der Waals surface area contributed by atoms with Gasteiger partial charge < -0.3 is 9.64 Å². The van der Waals surface area contributed by atoms with Crippen molar-refractivity contribution in [1.29, 1.82) is 0 Å². The van der Waals surface area contributed by atoms with Gasteiger partial charge >= 0.3 is 0 Å². The number of hydrogen-bond acceptors (Lipinski definition) is 2. The molecule has 5 heteroatoms. The number of amides is 1. The van der Waals surface area contributed by atoms with E-state index in [1.54, 1.807) is 18.0 Å². The first-order valence-electron chi connectivity index (χ1n) is 5.44. The van der Waals surface area contributed by atoms with Crippen molar-refractivity contribution in [2.24, 2.45) is 0 Å². The van der Waals surface area contributed by atoms with Crippen LogP contribution in [-0.2, 0) is 9.53 Å². The molecule has 2 rings (SSSR count). The Balaban J connectivity index is 2.18. The van der Waals surface area contributed by atoms with Crippen LogP contribution in [0.25, 0.3) is 0 Å². The maximum absolute atomic E-state index is 12.1. The molecule has 1 atom stereocenters. The van der Waals surface area contributed by atoms with Gasteiger partial charge in [-0.15, -0.1) is 0 Å². The zero-order valence-electron chi connectivity index (χ0n) is 9.45. The molecule has 0 radical (unpaired) electrons. The lowest BCUT2D eigenvalue weighted by Crippen LogP contribution is -2.36. The Morgan fingerprint density at radius 2 is 2.35 bits per heavy atom. The molecule has 1 amide bonds. The molecule has 1 unspecified atom stereocenters. The van der Waals surface area contributed by atoms with E-state index in [4.69, 9.17) is 16.3 Å². The lowest BCUT2D eigenvalue weighted by atomic mass is 10.2. The second-order valence-electron chi connectivity index (χ2n) is 3.99. The van der Waals surface area contributed by atoms with E-state index in [2.05, 4.69) is 15.9 Å². The quantitative estimate of drug-likeness (QED) is 0.838. The van der Waals surface area contributed by atoms with Crippen LogP contribution in [0.4, 0.5) is 5.69 Å². The number of ether oxygens (including phenoxy) is 1. The molecule has 17 heavy (non-hydrogen) atoms. The minimum atomic E-state index is -0.320. The van der Waals surface area contributed by atoms with E-state index in [1.807, 2.05) is 12.1 Å². The molecule has 0 saturated carbocycles. The predicted octanol–water partition coefficient (Wildman–Crippen LogP) is 3.24. The van der Waals surface area contributed by atoms with Gasteiger partial charge in [-0.3, -0.25) is 4.79 Å². The number of nitrogens with zero attached hydrogens (tertiary/aromatic N) is 1. The van der Waals surface area contributed by atoms with E-state index >= 15 is 0 Å². The van der Waals surface area contributed by atoms with E-state index in [0.717, 1.165) is 17.3 Å². The zero-order valence-corrected chi connectivity index (χ0v) is 11.8.